The van der Waals surface area contributed by atoms with Gasteiger partial charge in [0.05, 0.1) is 19.4 Å². The molecule has 0 spiro atoms. The Labute approximate surface area is 135 Å². The van der Waals surface area contributed by atoms with Gasteiger partial charge in [0.2, 0.25) is 0 Å². The quantitative estimate of drug-likeness (QED) is 0.647. The highest BCUT2D eigenvalue weighted by Gasteiger charge is 2.00. The number of benzene rings is 2. The number of ether oxygens (including phenoxy) is 2. The third-order valence-electron chi connectivity index (χ3n) is 2.91. The average Bonchev–Trinajstić information content (AvgIpc) is 2.55. The molecule has 0 fully saturated rings. The van der Waals surface area contributed by atoms with E-state index in [1.807, 2.05) is 55.5 Å². The second kappa shape index (κ2) is 8.34. The summed E-state index contributed by atoms with van der Waals surface area (Å²) in [5, 5.41) is 0.534. The summed E-state index contributed by atoms with van der Waals surface area (Å²) >= 11 is 1.50. The van der Waals surface area contributed by atoms with Crippen LogP contribution in [0.15, 0.2) is 53.5 Å². The lowest BCUT2D eigenvalue weighted by Gasteiger charge is -2.05. The summed E-state index contributed by atoms with van der Waals surface area (Å²) < 4.78 is 10.6. The number of aliphatic imine (C=N–C) groups is 1. The monoisotopic (exact) mass is 316 g/mol. The highest BCUT2D eigenvalue weighted by molar-refractivity contribution is 8.13. The van der Waals surface area contributed by atoms with Crippen molar-refractivity contribution in [2.45, 2.75) is 12.7 Å². The molecule has 0 atom stereocenters. The molecule has 0 radical (unpaired) electrons. The van der Waals surface area contributed by atoms with Gasteiger partial charge in [-0.3, -0.25) is 0 Å². The Bertz CT molecular complexity index is 627. The van der Waals surface area contributed by atoms with E-state index in [1.54, 1.807) is 7.11 Å². The molecule has 2 aromatic carbocycles. The van der Waals surface area contributed by atoms with E-state index in [0.29, 0.717) is 11.8 Å². The largest absolute Gasteiger partial charge is 0.497 e. The van der Waals surface area contributed by atoms with Crippen LogP contribution in [0, 0.1) is 0 Å². The van der Waals surface area contributed by atoms with Crippen molar-refractivity contribution < 1.29 is 9.47 Å². The second-order valence-corrected chi connectivity index (χ2v) is 5.51. The van der Waals surface area contributed by atoms with E-state index in [2.05, 4.69) is 4.99 Å². The molecule has 0 bridgehead atoms. The summed E-state index contributed by atoms with van der Waals surface area (Å²) in [7, 11) is 1.66. The van der Waals surface area contributed by atoms with E-state index in [-0.39, 0.29) is 0 Å². The van der Waals surface area contributed by atoms with Crippen molar-refractivity contribution in [1.82, 2.24) is 0 Å². The Hall–Kier alpha value is -2.14. The summed E-state index contributed by atoms with van der Waals surface area (Å²) in [6.07, 6.45) is 0. The molecule has 2 rings (SSSR count). The van der Waals surface area contributed by atoms with E-state index in [4.69, 9.17) is 15.2 Å². The summed E-state index contributed by atoms with van der Waals surface area (Å²) in [4.78, 5) is 4.39. The minimum Gasteiger partial charge on any atom is -0.497 e. The van der Waals surface area contributed by atoms with Gasteiger partial charge in [-0.25, -0.2) is 4.99 Å². The van der Waals surface area contributed by atoms with E-state index in [0.717, 1.165) is 28.5 Å². The van der Waals surface area contributed by atoms with E-state index in [1.165, 1.54) is 11.8 Å². The van der Waals surface area contributed by atoms with Crippen molar-refractivity contribution in [3.63, 3.8) is 0 Å². The molecule has 0 heterocycles. The third-order valence-corrected chi connectivity index (χ3v) is 3.77. The first kappa shape index (κ1) is 16.2. The molecular formula is C17H20N2O2S. The van der Waals surface area contributed by atoms with Gasteiger partial charge in [0.1, 0.15) is 11.5 Å². The number of amidine groups is 1. The van der Waals surface area contributed by atoms with Crippen LogP contribution in [0.4, 0.5) is 5.69 Å². The van der Waals surface area contributed by atoms with Crippen LogP contribution in [0.1, 0.15) is 12.5 Å². The molecule has 2 aromatic rings. The van der Waals surface area contributed by atoms with Crippen LogP contribution >= 0.6 is 11.8 Å². The Morgan fingerprint density at radius 3 is 2.59 bits per heavy atom. The van der Waals surface area contributed by atoms with Gasteiger partial charge in [0.15, 0.2) is 5.17 Å². The average molecular weight is 316 g/mol. The molecule has 5 heteroatoms. The lowest BCUT2D eigenvalue weighted by molar-refractivity contribution is 0.340. The molecule has 0 amide bonds. The van der Waals surface area contributed by atoms with Crippen LogP contribution in [0.2, 0.25) is 0 Å². The molecule has 116 valence electrons. The number of nitrogens with zero attached hydrogens (tertiary/aromatic N) is 1. The number of rotatable bonds is 6. The van der Waals surface area contributed by atoms with E-state index < -0.39 is 0 Å². The number of hydrogen-bond acceptors (Lipinski definition) is 4. The first-order valence-corrected chi connectivity index (χ1v) is 8.02. The fourth-order valence-corrected chi connectivity index (χ4v) is 2.53. The highest BCUT2D eigenvalue weighted by Crippen LogP contribution is 2.21. The van der Waals surface area contributed by atoms with Gasteiger partial charge < -0.3 is 15.2 Å². The Morgan fingerprint density at radius 1 is 1.14 bits per heavy atom. The van der Waals surface area contributed by atoms with Crippen molar-refractivity contribution in [1.29, 1.82) is 0 Å². The molecule has 0 aliphatic carbocycles. The zero-order chi connectivity index (χ0) is 15.8. The predicted molar refractivity (Wildman–Crippen MR) is 93.2 cm³/mol. The van der Waals surface area contributed by atoms with E-state index in [9.17, 15) is 0 Å². The normalized spacial score (nSPS) is 11.3. The molecule has 0 saturated heterocycles. The fraction of sp³-hybridized carbons (Fsp3) is 0.235. The molecule has 0 unspecified atom stereocenters. The summed E-state index contributed by atoms with van der Waals surface area (Å²) in [6.45, 7) is 2.61. The van der Waals surface area contributed by atoms with Gasteiger partial charge in [-0.05, 0) is 48.9 Å². The van der Waals surface area contributed by atoms with Crippen LogP contribution in [0.3, 0.4) is 0 Å². The zero-order valence-corrected chi connectivity index (χ0v) is 13.6. The molecular weight excluding hydrogens is 296 g/mol. The Kier molecular flexibility index (Phi) is 6.15. The van der Waals surface area contributed by atoms with Crippen LogP contribution in [-0.4, -0.2) is 18.9 Å². The predicted octanol–water partition coefficient (Wildman–Crippen LogP) is 3.97. The van der Waals surface area contributed by atoms with Crippen molar-refractivity contribution in [2.75, 3.05) is 13.7 Å². The molecule has 0 saturated carbocycles. The van der Waals surface area contributed by atoms with Gasteiger partial charge in [0.25, 0.3) is 0 Å². The standard InChI is InChI=1S/C17H20N2O2S/c1-3-21-15-9-7-14(8-10-15)19-17(18)22-12-13-5-4-6-16(11-13)20-2/h4-11H,3,12H2,1-2H3,(H2,18,19). The first-order valence-electron chi connectivity index (χ1n) is 7.04. The maximum Gasteiger partial charge on any atom is 0.159 e. The maximum atomic E-state index is 5.97. The SMILES string of the molecule is CCOc1ccc(N=C(N)SCc2cccc(OC)c2)cc1. The third kappa shape index (κ3) is 5.00. The number of nitrogens with two attached hydrogens (primary N) is 1. The van der Waals surface area contributed by atoms with Gasteiger partial charge in [-0.1, -0.05) is 23.9 Å². The molecule has 4 nitrogen and oxygen atoms in total. The first-order chi connectivity index (χ1) is 10.7. The zero-order valence-electron chi connectivity index (χ0n) is 12.8. The number of methoxy groups -OCH3 is 1. The number of hydrogen-bond donors (Lipinski definition) is 1. The van der Waals surface area contributed by atoms with Gasteiger partial charge in [0, 0.05) is 5.75 Å². The van der Waals surface area contributed by atoms with E-state index >= 15 is 0 Å². The van der Waals surface area contributed by atoms with Crippen molar-refractivity contribution >= 4 is 22.6 Å². The molecule has 0 aliphatic rings. The summed E-state index contributed by atoms with van der Waals surface area (Å²) in [5.74, 6) is 2.44. The van der Waals surface area contributed by atoms with Gasteiger partial charge >= 0.3 is 0 Å². The minimum atomic E-state index is 0.534. The minimum absolute atomic E-state index is 0.534. The molecule has 0 aliphatic heterocycles. The molecule has 22 heavy (non-hydrogen) atoms. The van der Waals surface area contributed by atoms with Gasteiger partial charge in [-0.15, -0.1) is 0 Å². The Morgan fingerprint density at radius 2 is 1.91 bits per heavy atom. The Balaban J connectivity index is 1.94. The second-order valence-electron chi connectivity index (χ2n) is 4.52. The van der Waals surface area contributed by atoms with Crippen LogP contribution in [0.5, 0.6) is 11.5 Å². The highest BCUT2D eigenvalue weighted by atomic mass is 32.2. The lowest BCUT2D eigenvalue weighted by Crippen LogP contribution is -2.06. The molecule has 2 N–H and O–H groups in total. The lowest BCUT2D eigenvalue weighted by atomic mass is 10.2. The summed E-state index contributed by atoms with van der Waals surface area (Å²) in [6, 6.07) is 15.5. The van der Waals surface area contributed by atoms with Crippen LogP contribution in [0.25, 0.3) is 0 Å². The topological polar surface area (TPSA) is 56.8 Å². The van der Waals surface area contributed by atoms with Gasteiger partial charge in [-0.2, -0.15) is 0 Å². The van der Waals surface area contributed by atoms with Crippen molar-refractivity contribution in [3.05, 3.63) is 54.1 Å². The van der Waals surface area contributed by atoms with Crippen LogP contribution < -0.4 is 15.2 Å². The maximum absolute atomic E-state index is 5.97. The number of thioether (sulfide) groups is 1. The molecule has 0 aromatic heterocycles. The fourth-order valence-electron chi connectivity index (χ4n) is 1.86. The van der Waals surface area contributed by atoms with Crippen molar-refractivity contribution in [2.24, 2.45) is 10.7 Å². The smallest absolute Gasteiger partial charge is 0.159 e. The van der Waals surface area contributed by atoms with Crippen LogP contribution in [-0.2, 0) is 5.75 Å². The van der Waals surface area contributed by atoms with Crippen molar-refractivity contribution in [3.8, 4) is 11.5 Å². The summed E-state index contributed by atoms with van der Waals surface area (Å²) in [5.41, 5.74) is 7.94.